The molecule has 32 heavy (non-hydrogen) atoms. The second-order valence-electron chi connectivity index (χ2n) is 7.15. The fourth-order valence-electron chi connectivity index (χ4n) is 3.54. The molecule has 3 aromatic rings. The molecule has 0 bridgehead atoms. The van der Waals surface area contributed by atoms with E-state index in [-0.39, 0.29) is 34.7 Å². The van der Waals surface area contributed by atoms with Crippen LogP contribution in [-0.4, -0.2) is 39.4 Å². The SMILES string of the molecule is CCOC(=O)c1c(NC(=O)CSc2nnc(-c3ccccc3)c(=O)[nH]2)sc2c1CCCC2. The standard InChI is InChI=1S/C22H22N4O4S2/c1-2-30-21(29)17-14-10-6-7-11-15(14)32-20(17)23-16(27)12-31-22-24-19(28)18(25-26-22)13-8-4-3-5-9-13/h3-5,8-9H,2,6-7,10-12H2,1H3,(H,23,27)(H,24,26,28). The van der Waals surface area contributed by atoms with E-state index >= 15 is 0 Å². The van der Waals surface area contributed by atoms with E-state index < -0.39 is 5.97 Å². The van der Waals surface area contributed by atoms with Gasteiger partial charge in [-0.15, -0.1) is 21.5 Å². The zero-order valence-electron chi connectivity index (χ0n) is 17.5. The van der Waals surface area contributed by atoms with Gasteiger partial charge in [0.1, 0.15) is 5.00 Å². The number of hydrogen-bond donors (Lipinski definition) is 2. The van der Waals surface area contributed by atoms with Gasteiger partial charge in [0.05, 0.1) is 17.9 Å². The molecular weight excluding hydrogens is 448 g/mol. The number of thiophene rings is 1. The molecule has 2 aromatic heterocycles. The number of carbonyl (C=O) groups excluding carboxylic acids is 2. The molecule has 2 heterocycles. The van der Waals surface area contributed by atoms with Crippen LogP contribution in [0.3, 0.4) is 0 Å². The molecular formula is C22H22N4O4S2. The summed E-state index contributed by atoms with van der Waals surface area (Å²) in [6.07, 6.45) is 3.81. The largest absolute Gasteiger partial charge is 0.462 e. The number of thioether (sulfide) groups is 1. The number of esters is 1. The zero-order valence-corrected chi connectivity index (χ0v) is 19.1. The monoisotopic (exact) mass is 470 g/mol. The maximum Gasteiger partial charge on any atom is 0.341 e. The van der Waals surface area contributed by atoms with Crippen molar-refractivity contribution >= 4 is 40.0 Å². The van der Waals surface area contributed by atoms with Crippen LogP contribution in [0.5, 0.6) is 0 Å². The summed E-state index contributed by atoms with van der Waals surface area (Å²) in [6, 6.07) is 9.04. The molecule has 1 aliphatic carbocycles. The van der Waals surface area contributed by atoms with Crippen molar-refractivity contribution in [2.24, 2.45) is 0 Å². The number of benzene rings is 1. The Bertz CT molecular complexity index is 1190. The van der Waals surface area contributed by atoms with Crippen LogP contribution in [0, 0.1) is 0 Å². The highest BCUT2D eigenvalue weighted by molar-refractivity contribution is 7.99. The lowest BCUT2D eigenvalue weighted by molar-refractivity contribution is -0.113. The number of H-pyrrole nitrogens is 1. The fourth-order valence-corrected chi connectivity index (χ4v) is 5.44. The van der Waals surface area contributed by atoms with E-state index in [1.807, 2.05) is 18.2 Å². The number of amides is 1. The minimum atomic E-state index is -0.401. The summed E-state index contributed by atoms with van der Waals surface area (Å²) >= 11 is 2.51. The van der Waals surface area contributed by atoms with E-state index in [9.17, 15) is 14.4 Å². The Morgan fingerprint density at radius 1 is 1.19 bits per heavy atom. The van der Waals surface area contributed by atoms with Crippen molar-refractivity contribution in [2.45, 2.75) is 37.8 Å². The van der Waals surface area contributed by atoms with Gasteiger partial charge in [-0.25, -0.2) is 4.79 Å². The highest BCUT2D eigenvalue weighted by atomic mass is 32.2. The Labute approximate surface area is 192 Å². The summed E-state index contributed by atoms with van der Waals surface area (Å²) < 4.78 is 5.22. The Balaban J connectivity index is 1.45. The number of aryl methyl sites for hydroxylation is 1. The minimum Gasteiger partial charge on any atom is -0.462 e. The number of rotatable bonds is 7. The Morgan fingerprint density at radius 2 is 1.97 bits per heavy atom. The van der Waals surface area contributed by atoms with Crippen molar-refractivity contribution in [3.8, 4) is 11.3 Å². The third-order valence-electron chi connectivity index (χ3n) is 4.97. The van der Waals surface area contributed by atoms with Gasteiger partial charge in [-0.3, -0.25) is 14.6 Å². The van der Waals surface area contributed by atoms with Gasteiger partial charge in [0.25, 0.3) is 5.56 Å². The van der Waals surface area contributed by atoms with Crippen LogP contribution in [0.4, 0.5) is 5.00 Å². The molecule has 1 amide bonds. The van der Waals surface area contributed by atoms with Gasteiger partial charge in [-0.05, 0) is 38.2 Å². The third kappa shape index (κ3) is 4.91. The van der Waals surface area contributed by atoms with Crippen molar-refractivity contribution in [1.82, 2.24) is 15.2 Å². The number of aromatic nitrogens is 3. The van der Waals surface area contributed by atoms with Gasteiger partial charge in [-0.1, -0.05) is 42.1 Å². The van der Waals surface area contributed by atoms with E-state index in [1.165, 1.54) is 11.3 Å². The Morgan fingerprint density at radius 3 is 2.72 bits per heavy atom. The summed E-state index contributed by atoms with van der Waals surface area (Å²) in [5, 5.41) is 11.7. The summed E-state index contributed by atoms with van der Waals surface area (Å²) in [5.74, 6) is -0.685. The summed E-state index contributed by atoms with van der Waals surface area (Å²) in [6.45, 7) is 2.04. The molecule has 0 saturated carbocycles. The number of nitrogens with one attached hydrogen (secondary N) is 2. The lowest BCUT2D eigenvalue weighted by atomic mass is 9.95. The molecule has 8 nitrogen and oxygen atoms in total. The molecule has 4 rings (SSSR count). The number of fused-ring (bicyclic) bond motifs is 1. The van der Waals surface area contributed by atoms with Crippen LogP contribution >= 0.6 is 23.1 Å². The van der Waals surface area contributed by atoms with Crippen LogP contribution in [0.1, 0.15) is 40.6 Å². The van der Waals surface area contributed by atoms with Gasteiger partial charge in [0.15, 0.2) is 10.9 Å². The number of hydrogen-bond acceptors (Lipinski definition) is 8. The first-order valence-electron chi connectivity index (χ1n) is 10.3. The highest BCUT2D eigenvalue weighted by Crippen LogP contribution is 2.38. The molecule has 0 saturated heterocycles. The lowest BCUT2D eigenvalue weighted by Gasteiger charge is -2.12. The van der Waals surface area contributed by atoms with Crippen molar-refractivity contribution in [2.75, 3.05) is 17.7 Å². The average Bonchev–Trinajstić information content (AvgIpc) is 3.16. The molecule has 0 atom stereocenters. The van der Waals surface area contributed by atoms with Crippen molar-refractivity contribution in [3.05, 3.63) is 56.7 Å². The van der Waals surface area contributed by atoms with E-state index in [0.29, 0.717) is 16.1 Å². The smallest absolute Gasteiger partial charge is 0.341 e. The third-order valence-corrected chi connectivity index (χ3v) is 7.04. The first-order valence-corrected chi connectivity index (χ1v) is 12.1. The molecule has 166 valence electrons. The van der Waals surface area contributed by atoms with Crippen LogP contribution in [0.25, 0.3) is 11.3 Å². The molecule has 1 aliphatic rings. The highest BCUT2D eigenvalue weighted by Gasteiger charge is 2.27. The number of carbonyl (C=O) groups is 2. The summed E-state index contributed by atoms with van der Waals surface area (Å²) in [7, 11) is 0. The van der Waals surface area contributed by atoms with Crippen LogP contribution < -0.4 is 10.9 Å². The van der Waals surface area contributed by atoms with Gasteiger partial charge in [-0.2, -0.15) is 0 Å². The van der Waals surface area contributed by atoms with Gasteiger partial charge >= 0.3 is 5.97 Å². The average molecular weight is 471 g/mol. The lowest BCUT2D eigenvalue weighted by Crippen LogP contribution is -2.18. The molecule has 0 unspecified atom stereocenters. The molecule has 0 spiro atoms. The van der Waals surface area contributed by atoms with E-state index in [1.54, 1.807) is 19.1 Å². The number of aromatic amines is 1. The first kappa shape index (κ1) is 22.2. The fraction of sp³-hybridized carbons (Fsp3) is 0.318. The van der Waals surface area contributed by atoms with Gasteiger partial charge in [0, 0.05) is 10.4 Å². The van der Waals surface area contributed by atoms with E-state index in [0.717, 1.165) is 47.9 Å². The number of anilines is 1. The predicted molar refractivity (Wildman–Crippen MR) is 124 cm³/mol. The maximum absolute atomic E-state index is 12.6. The molecule has 0 aliphatic heterocycles. The zero-order chi connectivity index (χ0) is 22.5. The molecule has 10 heteroatoms. The predicted octanol–water partition coefficient (Wildman–Crippen LogP) is 3.68. The van der Waals surface area contributed by atoms with E-state index in [4.69, 9.17) is 4.74 Å². The van der Waals surface area contributed by atoms with Gasteiger partial charge < -0.3 is 10.1 Å². The van der Waals surface area contributed by atoms with Crippen molar-refractivity contribution in [1.29, 1.82) is 0 Å². The Kier molecular flexibility index (Phi) is 7.01. The first-order chi connectivity index (χ1) is 15.6. The minimum absolute atomic E-state index is 0.0140. The number of nitrogens with zero attached hydrogens (tertiary/aromatic N) is 2. The molecule has 2 N–H and O–H groups in total. The molecule has 1 aromatic carbocycles. The second kappa shape index (κ2) is 10.1. The van der Waals surface area contributed by atoms with Crippen LogP contribution in [-0.2, 0) is 22.4 Å². The normalized spacial score (nSPS) is 12.8. The summed E-state index contributed by atoms with van der Waals surface area (Å²) in [4.78, 5) is 41.2. The topological polar surface area (TPSA) is 114 Å². The summed E-state index contributed by atoms with van der Waals surface area (Å²) in [5.41, 5.74) is 2.00. The second-order valence-corrected chi connectivity index (χ2v) is 9.22. The molecule has 0 radical (unpaired) electrons. The van der Waals surface area contributed by atoms with Crippen molar-refractivity contribution in [3.63, 3.8) is 0 Å². The maximum atomic E-state index is 12.6. The molecule has 0 fully saturated rings. The van der Waals surface area contributed by atoms with Gasteiger partial charge in [0.2, 0.25) is 5.91 Å². The van der Waals surface area contributed by atoms with Crippen LogP contribution in [0.15, 0.2) is 40.3 Å². The van der Waals surface area contributed by atoms with Crippen molar-refractivity contribution < 1.29 is 14.3 Å². The van der Waals surface area contributed by atoms with Crippen LogP contribution in [0.2, 0.25) is 0 Å². The number of ether oxygens (including phenoxy) is 1. The Hall–Kier alpha value is -2.98. The quantitative estimate of drug-likeness (QED) is 0.400. The van der Waals surface area contributed by atoms with E-state index in [2.05, 4.69) is 20.5 Å².